The van der Waals surface area contributed by atoms with Crippen molar-refractivity contribution in [3.63, 3.8) is 0 Å². The standard InChI is InChI=1S/C4H7O9P/c5-1(3(6)7)2(4(8)9)13-14(10,11)12/h1-2,5H,(H,6,7)(H,8,9)(H2,10,11,12). The molecular formula is C4H7O9P. The monoisotopic (exact) mass is 230 g/mol. The summed E-state index contributed by atoms with van der Waals surface area (Å²) in [5.41, 5.74) is 0. The average molecular weight is 230 g/mol. The van der Waals surface area contributed by atoms with Crippen LogP contribution in [-0.2, 0) is 18.7 Å². The van der Waals surface area contributed by atoms with Crippen molar-refractivity contribution in [2.45, 2.75) is 12.2 Å². The Morgan fingerprint density at radius 3 is 1.79 bits per heavy atom. The molecule has 0 aromatic carbocycles. The molecule has 2 atom stereocenters. The first-order valence-electron chi connectivity index (χ1n) is 3.03. The molecule has 0 aliphatic rings. The number of phosphoric acid groups is 1. The second-order valence-electron chi connectivity index (χ2n) is 2.14. The molecule has 0 amide bonds. The van der Waals surface area contributed by atoms with E-state index in [4.69, 9.17) is 25.1 Å². The Kier molecular flexibility index (Phi) is 4.17. The highest BCUT2D eigenvalue weighted by molar-refractivity contribution is 7.46. The van der Waals surface area contributed by atoms with Crippen molar-refractivity contribution >= 4 is 19.8 Å². The lowest BCUT2D eigenvalue weighted by Crippen LogP contribution is -2.41. The van der Waals surface area contributed by atoms with E-state index >= 15 is 0 Å². The van der Waals surface area contributed by atoms with E-state index in [1.54, 1.807) is 0 Å². The number of aliphatic carboxylic acids is 2. The van der Waals surface area contributed by atoms with Crippen LogP contribution in [0.15, 0.2) is 0 Å². The molecule has 5 N–H and O–H groups in total. The molecule has 0 aliphatic carbocycles. The van der Waals surface area contributed by atoms with Gasteiger partial charge in [-0.1, -0.05) is 0 Å². The lowest BCUT2D eigenvalue weighted by Gasteiger charge is -2.16. The first-order valence-corrected chi connectivity index (χ1v) is 4.56. The molecule has 0 saturated heterocycles. The summed E-state index contributed by atoms with van der Waals surface area (Å²) in [7, 11) is -5.17. The molecule has 0 fully saturated rings. The molecule has 0 aromatic rings. The smallest absolute Gasteiger partial charge is 0.470 e. The number of phosphoric ester groups is 1. The number of carbonyl (C=O) groups is 2. The Hall–Kier alpha value is -0.990. The van der Waals surface area contributed by atoms with Crippen LogP contribution in [-0.4, -0.2) is 49.3 Å². The second-order valence-corrected chi connectivity index (χ2v) is 3.33. The summed E-state index contributed by atoms with van der Waals surface area (Å²) in [4.78, 5) is 36.7. The van der Waals surface area contributed by atoms with Crippen molar-refractivity contribution in [3.8, 4) is 0 Å². The highest BCUT2D eigenvalue weighted by atomic mass is 31.2. The molecular weight excluding hydrogens is 223 g/mol. The third-order valence-electron chi connectivity index (χ3n) is 1.03. The van der Waals surface area contributed by atoms with Crippen LogP contribution < -0.4 is 0 Å². The quantitative estimate of drug-likeness (QED) is 0.336. The van der Waals surface area contributed by atoms with E-state index in [-0.39, 0.29) is 0 Å². The van der Waals surface area contributed by atoms with Crippen LogP contribution in [0.25, 0.3) is 0 Å². The Balaban J connectivity index is 4.70. The van der Waals surface area contributed by atoms with Gasteiger partial charge < -0.3 is 25.1 Å². The van der Waals surface area contributed by atoms with Gasteiger partial charge in [0.25, 0.3) is 0 Å². The number of carboxylic acid groups (broad SMARTS) is 2. The molecule has 82 valence electrons. The molecule has 0 heterocycles. The molecule has 0 spiro atoms. The van der Waals surface area contributed by atoms with E-state index in [1.807, 2.05) is 0 Å². The molecule has 14 heavy (non-hydrogen) atoms. The van der Waals surface area contributed by atoms with Gasteiger partial charge in [0.2, 0.25) is 6.10 Å². The van der Waals surface area contributed by atoms with Crippen LogP contribution in [0, 0.1) is 0 Å². The third kappa shape index (κ3) is 4.30. The molecule has 9 nitrogen and oxygen atoms in total. The fraction of sp³-hybridized carbons (Fsp3) is 0.500. The van der Waals surface area contributed by atoms with Crippen LogP contribution >= 0.6 is 7.82 Å². The molecule has 0 radical (unpaired) electrons. The molecule has 2 unspecified atom stereocenters. The summed E-state index contributed by atoms with van der Waals surface area (Å²) in [5, 5.41) is 25.1. The Bertz CT molecular complexity index is 279. The number of carboxylic acids is 2. The summed E-state index contributed by atoms with van der Waals surface area (Å²) in [6, 6.07) is 0. The second kappa shape index (κ2) is 4.49. The van der Waals surface area contributed by atoms with Crippen LogP contribution in [0.5, 0.6) is 0 Å². The van der Waals surface area contributed by atoms with Crippen molar-refractivity contribution in [1.82, 2.24) is 0 Å². The maximum absolute atomic E-state index is 10.2. The minimum atomic E-state index is -5.17. The van der Waals surface area contributed by atoms with Crippen molar-refractivity contribution in [1.29, 1.82) is 0 Å². The Labute approximate surface area is 76.8 Å². The lowest BCUT2D eigenvalue weighted by molar-refractivity contribution is -0.164. The lowest BCUT2D eigenvalue weighted by atomic mass is 10.2. The molecule has 10 heteroatoms. The zero-order valence-corrected chi connectivity index (χ0v) is 7.37. The average Bonchev–Trinajstić information content (AvgIpc) is 1.96. The van der Waals surface area contributed by atoms with Crippen molar-refractivity contribution in [2.75, 3.05) is 0 Å². The fourth-order valence-electron chi connectivity index (χ4n) is 0.515. The van der Waals surface area contributed by atoms with E-state index in [1.165, 1.54) is 0 Å². The highest BCUT2D eigenvalue weighted by Gasteiger charge is 2.38. The van der Waals surface area contributed by atoms with E-state index in [9.17, 15) is 14.2 Å². The molecule has 0 bridgehead atoms. The normalized spacial score (nSPS) is 15.9. The third-order valence-corrected chi connectivity index (χ3v) is 1.54. The van der Waals surface area contributed by atoms with Crippen molar-refractivity contribution < 1.29 is 43.8 Å². The fourth-order valence-corrected chi connectivity index (χ4v) is 1.02. The summed E-state index contributed by atoms with van der Waals surface area (Å²) in [5.74, 6) is -3.96. The predicted molar refractivity (Wildman–Crippen MR) is 38.2 cm³/mol. The van der Waals surface area contributed by atoms with E-state index in [0.717, 1.165) is 0 Å². The van der Waals surface area contributed by atoms with Crippen LogP contribution in [0.4, 0.5) is 0 Å². The topological polar surface area (TPSA) is 162 Å². The Morgan fingerprint density at radius 2 is 1.57 bits per heavy atom. The van der Waals surface area contributed by atoms with Gasteiger partial charge in [-0.3, -0.25) is 4.52 Å². The maximum atomic E-state index is 10.2. The van der Waals surface area contributed by atoms with Gasteiger partial charge in [0.1, 0.15) is 0 Å². The van der Waals surface area contributed by atoms with Gasteiger partial charge >= 0.3 is 19.8 Å². The number of rotatable bonds is 5. The zero-order valence-electron chi connectivity index (χ0n) is 6.47. The maximum Gasteiger partial charge on any atom is 0.470 e. The van der Waals surface area contributed by atoms with Gasteiger partial charge in [0.05, 0.1) is 0 Å². The van der Waals surface area contributed by atoms with Crippen LogP contribution in [0.3, 0.4) is 0 Å². The largest absolute Gasteiger partial charge is 0.479 e. The first kappa shape index (κ1) is 13.0. The minimum Gasteiger partial charge on any atom is -0.479 e. The van der Waals surface area contributed by atoms with Gasteiger partial charge in [0.15, 0.2) is 6.10 Å². The van der Waals surface area contributed by atoms with Crippen molar-refractivity contribution in [3.05, 3.63) is 0 Å². The summed E-state index contributed by atoms with van der Waals surface area (Å²) >= 11 is 0. The number of aliphatic hydroxyl groups excluding tert-OH is 1. The van der Waals surface area contributed by atoms with Crippen LogP contribution in [0.1, 0.15) is 0 Å². The first-order chi connectivity index (χ1) is 6.15. The zero-order chi connectivity index (χ0) is 11.5. The Morgan fingerprint density at radius 1 is 1.14 bits per heavy atom. The van der Waals surface area contributed by atoms with Gasteiger partial charge in [-0.05, 0) is 0 Å². The molecule has 0 aromatic heterocycles. The van der Waals surface area contributed by atoms with E-state index in [2.05, 4.69) is 4.52 Å². The van der Waals surface area contributed by atoms with Gasteiger partial charge in [0, 0.05) is 0 Å². The van der Waals surface area contributed by atoms with Crippen molar-refractivity contribution in [2.24, 2.45) is 0 Å². The summed E-state index contributed by atoms with van der Waals surface area (Å²) < 4.78 is 13.7. The predicted octanol–water partition coefficient (Wildman–Crippen LogP) is -2.01. The molecule has 0 aliphatic heterocycles. The SMILES string of the molecule is O=C(O)C(O)C(OP(=O)(O)O)C(=O)O. The van der Waals surface area contributed by atoms with Gasteiger partial charge in [-0.25, -0.2) is 14.2 Å². The van der Waals surface area contributed by atoms with E-state index < -0.39 is 32.0 Å². The molecule has 0 saturated carbocycles. The number of hydrogen-bond donors (Lipinski definition) is 5. The number of hydrogen-bond acceptors (Lipinski definition) is 5. The summed E-state index contributed by atoms with van der Waals surface area (Å²) in [6.45, 7) is 0. The minimum absolute atomic E-state index is 1.97. The van der Waals surface area contributed by atoms with Gasteiger partial charge in [-0.15, -0.1) is 0 Å². The van der Waals surface area contributed by atoms with Gasteiger partial charge in [-0.2, -0.15) is 0 Å². The van der Waals surface area contributed by atoms with E-state index in [0.29, 0.717) is 0 Å². The highest BCUT2D eigenvalue weighted by Crippen LogP contribution is 2.38. The molecule has 0 rings (SSSR count). The number of aliphatic hydroxyl groups is 1. The van der Waals surface area contributed by atoms with Crippen LogP contribution in [0.2, 0.25) is 0 Å². The summed E-state index contributed by atoms with van der Waals surface area (Å²) in [6.07, 6.45) is -5.08.